The van der Waals surface area contributed by atoms with Gasteiger partial charge in [-0.1, -0.05) is 71.9 Å². The highest BCUT2D eigenvalue weighted by Crippen LogP contribution is 2.14. The zero-order chi connectivity index (χ0) is 48.3. The Bertz CT molecular complexity index is 1760. The average Bonchev–Trinajstić information content (AvgIpc) is 3.22. The van der Waals surface area contributed by atoms with Gasteiger partial charge in [0.15, 0.2) is 6.04 Å². The number of amides is 8. The molecule has 8 amide bonds. The molecule has 358 valence electrons. The molecule has 14 N–H and O–H groups in total. The Morgan fingerprint density at radius 2 is 1.28 bits per heavy atom. The predicted octanol–water partition coefficient (Wildman–Crippen LogP) is -2.36. The molecule has 0 bridgehead atoms. The molecular formula is C43H70N10O11. The summed E-state index contributed by atoms with van der Waals surface area (Å²) in [5.74, 6) is -9.23. The van der Waals surface area contributed by atoms with Crippen LogP contribution >= 0.6 is 0 Å². The number of nitrogens with one attached hydrogen (secondary N) is 7. The lowest BCUT2D eigenvalue weighted by Gasteiger charge is -2.29. The Hall–Kier alpha value is -5.67. The van der Waals surface area contributed by atoms with Gasteiger partial charge in [-0.2, -0.15) is 0 Å². The lowest BCUT2D eigenvalue weighted by molar-refractivity contribution is -0.162. The van der Waals surface area contributed by atoms with Gasteiger partial charge in [-0.05, 0) is 81.7 Å². The molecule has 21 heteroatoms. The van der Waals surface area contributed by atoms with Gasteiger partial charge in [-0.3, -0.25) is 38.4 Å². The quantitative estimate of drug-likeness (QED) is 0.0429. The number of aliphatic hydroxyl groups is 1. The molecule has 1 aliphatic heterocycles. The molecule has 0 spiro atoms. The van der Waals surface area contributed by atoms with Crippen LogP contribution in [-0.4, -0.2) is 126 Å². The Morgan fingerprint density at radius 3 is 1.84 bits per heavy atom. The lowest BCUT2D eigenvalue weighted by Crippen LogP contribution is -2.64. The van der Waals surface area contributed by atoms with Crippen LogP contribution in [0.4, 0.5) is 0 Å². The molecular weight excluding hydrogens is 833 g/mol. The number of benzene rings is 1. The summed E-state index contributed by atoms with van der Waals surface area (Å²) >= 11 is 0. The Labute approximate surface area is 374 Å². The van der Waals surface area contributed by atoms with Crippen molar-refractivity contribution in [3.8, 4) is 0 Å². The van der Waals surface area contributed by atoms with Crippen LogP contribution in [0.1, 0.15) is 92.6 Å². The van der Waals surface area contributed by atoms with E-state index in [0.717, 1.165) is 5.56 Å². The lowest BCUT2D eigenvalue weighted by atomic mass is 10.00. The van der Waals surface area contributed by atoms with Crippen molar-refractivity contribution in [1.82, 2.24) is 37.2 Å². The molecule has 21 nitrogen and oxygen atoms in total. The minimum Gasteiger partial charge on any atom is -0.448 e. The number of rotatable bonds is 22. The molecule has 1 saturated heterocycles. The zero-order valence-corrected chi connectivity index (χ0v) is 37.9. The third kappa shape index (κ3) is 18.2. The van der Waals surface area contributed by atoms with E-state index in [4.69, 9.17) is 21.9 Å². The summed E-state index contributed by atoms with van der Waals surface area (Å²) in [5.41, 5.74) is 18.3. The fourth-order valence-corrected chi connectivity index (χ4v) is 6.80. The van der Waals surface area contributed by atoms with Gasteiger partial charge in [-0.15, -0.1) is 0 Å². The van der Waals surface area contributed by atoms with E-state index >= 15 is 0 Å². The maximum Gasteiger partial charge on any atom is 0.329 e. The monoisotopic (exact) mass is 903 g/mol. The molecule has 0 aliphatic carbocycles. The van der Waals surface area contributed by atoms with Crippen molar-refractivity contribution < 1.29 is 53.0 Å². The summed E-state index contributed by atoms with van der Waals surface area (Å²) in [6.07, 6.45) is -0.880. The molecule has 1 aromatic rings. The van der Waals surface area contributed by atoms with Crippen LogP contribution in [-0.2, 0) is 54.3 Å². The van der Waals surface area contributed by atoms with Crippen molar-refractivity contribution in [3.05, 3.63) is 35.9 Å². The number of aliphatic hydroxyl groups excluding tert-OH is 1. The van der Waals surface area contributed by atoms with Crippen LogP contribution in [0.5, 0.6) is 0 Å². The summed E-state index contributed by atoms with van der Waals surface area (Å²) in [7, 11) is 0. The van der Waals surface area contributed by atoms with E-state index in [-0.39, 0.29) is 56.4 Å². The highest BCUT2D eigenvalue weighted by molar-refractivity contribution is 6.00. The van der Waals surface area contributed by atoms with E-state index in [9.17, 15) is 48.3 Å². The number of hydrogen-bond acceptors (Lipinski definition) is 13. The first-order chi connectivity index (χ1) is 30.1. The minimum absolute atomic E-state index is 0.00596. The van der Waals surface area contributed by atoms with Crippen molar-refractivity contribution in [2.24, 2.45) is 35.0 Å². The molecule has 0 saturated carbocycles. The number of carbonyl (C=O) groups is 9. The number of esters is 1. The van der Waals surface area contributed by atoms with Gasteiger partial charge >= 0.3 is 5.97 Å². The molecule has 1 heterocycles. The normalized spacial score (nSPS) is 21.6. The summed E-state index contributed by atoms with van der Waals surface area (Å²) in [6.45, 7) is 11.3. The molecule has 0 aromatic heterocycles. The van der Waals surface area contributed by atoms with Crippen LogP contribution in [0.2, 0.25) is 0 Å². The van der Waals surface area contributed by atoms with Gasteiger partial charge in [-0.25, -0.2) is 4.79 Å². The maximum atomic E-state index is 13.9. The predicted molar refractivity (Wildman–Crippen MR) is 235 cm³/mol. The van der Waals surface area contributed by atoms with Crippen molar-refractivity contribution >= 4 is 53.2 Å². The van der Waals surface area contributed by atoms with E-state index in [1.165, 1.54) is 6.92 Å². The highest BCUT2D eigenvalue weighted by Gasteiger charge is 2.42. The number of primary amides is 1. The summed E-state index contributed by atoms with van der Waals surface area (Å²) < 4.78 is 5.45. The highest BCUT2D eigenvalue weighted by atomic mass is 16.6. The largest absolute Gasteiger partial charge is 0.448 e. The van der Waals surface area contributed by atoms with Crippen LogP contribution < -0.4 is 54.4 Å². The number of carbonyl (C=O) groups excluding carboxylic acids is 9. The van der Waals surface area contributed by atoms with Crippen molar-refractivity contribution in [3.63, 3.8) is 0 Å². The van der Waals surface area contributed by atoms with Crippen molar-refractivity contribution in [2.75, 3.05) is 13.2 Å². The van der Waals surface area contributed by atoms with Crippen LogP contribution in [0.3, 0.4) is 0 Å². The number of hydrogen-bond donors (Lipinski definition) is 11. The van der Waals surface area contributed by atoms with Crippen molar-refractivity contribution in [2.45, 2.75) is 148 Å². The molecule has 2 rings (SSSR count). The first-order valence-electron chi connectivity index (χ1n) is 21.8. The summed E-state index contributed by atoms with van der Waals surface area (Å²) in [6, 6.07) is -2.23. The Balaban J connectivity index is 2.42. The minimum atomic E-state index is -2.22. The topological polar surface area (TPSA) is 345 Å². The number of unbranched alkanes of at least 4 members (excludes halogenated alkanes) is 1. The van der Waals surface area contributed by atoms with Crippen LogP contribution in [0.25, 0.3) is 0 Å². The van der Waals surface area contributed by atoms with Gasteiger partial charge in [0.2, 0.25) is 47.5 Å². The standard InChI is InChI=1S/C43H70N10O11/c1-22(2)17-29-40(60)51-31(19-24(5)6)43(63)64-34(35(46)55)33(42(62)47-25(7)36(56)49-29)53-41(61)32(21-54)52-38(58)28(15-11-12-16-44)48-39(59)30(18-23(3)4)50-37(57)27(45)20-26-13-9-8-10-14-26/h8-10,13-14,22-25,27-34,54H,11-12,15-21,44-45H2,1-7H3,(H2,46,55)(H,47,62)(H,48,59)(H,49,56)(H,50,57)(H,51,60)(H,52,58)(H,53,61)/t25-,27-,28+,29+,30+,31+,32-,33-,34+/m0/s1. The van der Waals surface area contributed by atoms with E-state index in [1.807, 2.05) is 45.9 Å². The smallest absolute Gasteiger partial charge is 0.329 e. The van der Waals surface area contributed by atoms with Gasteiger partial charge in [0.25, 0.3) is 5.91 Å². The maximum absolute atomic E-state index is 13.9. The van der Waals surface area contributed by atoms with Gasteiger partial charge in [0.05, 0.1) is 12.6 Å². The second kappa shape index (κ2) is 26.8. The first kappa shape index (κ1) is 54.5. The van der Waals surface area contributed by atoms with E-state index in [0.29, 0.717) is 12.8 Å². The molecule has 9 atom stereocenters. The van der Waals surface area contributed by atoms with Crippen LogP contribution in [0, 0.1) is 17.8 Å². The molecule has 1 aromatic carbocycles. The van der Waals surface area contributed by atoms with Crippen LogP contribution in [0.15, 0.2) is 30.3 Å². The van der Waals surface area contributed by atoms with E-state index < -0.39 is 114 Å². The Kier molecular flexibility index (Phi) is 22.8. The fraction of sp³-hybridized carbons (Fsp3) is 0.651. The first-order valence-corrected chi connectivity index (χ1v) is 21.8. The molecule has 1 fully saturated rings. The third-order valence-electron chi connectivity index (χ3n) is 10.2. The zero-order valence-electron chi connectivity index (χ0n) is 37.9. The summed E-state index contributed by atoms with van der Waals surface area (Å²) in [5, 5.41) is 27.7. The SMILES string of the molecule is CC(C)C[C@H]1NC(=O)[C@H](C)NC(=O)[C@@H](NC(=O)[C@H](CO)NC(=O)[C@@H](CCCCN)NC(=O)[C@@H](CC(C)C)NC(=O)[C@@H](N)Cc2ccccc2)[C@H](C(N)=O)OC(=O)[C@@H](CC(C)C)NC1=O. The second-order valence-electron chi connectivity index (χ2n) is 17.4. The number of cyclic esters (lactones) is 1. The molecule has 0 unspecified atom stereocenters. The Morgan fingerprint density at radius 1 is 0.719 bits per heavy atom. The second-order valence-corrected chi connectivity index (χ2v) is 17.4. The van der Waals surface area contributed by atoms with Gasteiger partial charge in [0, 0.05) is 0 Å². The third-order valence-corrected chi connectivity index (χ3v) is 10.2. The van der Waals surface area contributed by atoms with Gasteiger partial charge < -0.3 is 64.3 Å². The number of nitrogens with two attached hydrogens (primary N) is 3. The van der Waals surface area contributed by atoms with Crippen molar-refractivity contribution in [1.29, 1.82) is 0 Å². The summed E-state index contributed by atoms with van der Waals surface area (Å²) in [4.78, 5) is 122. The van der Waals surface area contributed by atoms with Gasteiger partial charge in [0.1, 0.15) is 36.3 Å². The van der Waals surface area contributed by atoms with E-state index in [1.54, 1.807) is 26.0 Å². The number of ether oxygens (including phenoxy) is 1. The molecule has 0 radical (unpaired) electrons. The molecule has 64 heavy (non-hydrogen) atoms. The molecule has 1 aliphatic rings. The van der Waals surface area contributed by atoms with E-state index in [2.05, 4.69) is 37.2 Å². The average molecular weight is 903 g/mol. The fourth-order valence-electron chi connectivity index (χ4n) is 6.80.